The van der Waals surface area contributed by atoms with Crippen LogP contribution in [0.4, 0.5) is 0 Å². The minimum Gasteiger partial charge on any atom is -0.330 e. The molecule has 1 saturated heterocycles. The summed E-state index contributed by atoms with van der Waals surface area (Å²) in [6.07, 6.45) is 32.1. The molecule has 1 rings (SSSR count). The third kappa shape index (κ3) is 13.8. The smallest absolute Gasteiger partial charge is 0.330 e. The summed E-state index contributed by atoms with van der Waals surface area (Å²) >= 11 is 0. The van der Waals surface area contributed by atoms with Gasteiger partial charge in [-0.15, -0.1) is 5.06 Å². The van der Waals surface area contributed by atoms with Crippen LogP contribution in [-0.2, 0) is 19.2 Å². The van der Waals surface area contributed by atoms with E-state index in [2.05, 4.69) is 67.7 Å². The molecule has 1 aliphatic heterocycles. The van der Waals surface area contributed by atoms with Gasteiger partial charge in [-0.1, -0.05) is 79.8 Å². The number of nitrogens with zero attached hydrogens (tertiary/aromatic N) is 1. The Balaban J connectivity index is 2.00. The zero-order valence-electron chi connectivity index (χ0n) is 18.6. The van der Waals surface area contributed by atoms with Gasteiger partial charge in [0.2, 0.25) is 0 Å². The Bertz CT molecular complexity index is 710. The summed E-state index contributed by atoms with van der Waals surface area (Å²) in [7, 11) is 0. The SMILES string of the molecule is CC/C=C\C/C=C\C/C=C\C/C=C\C/C=C\C/C=C\CCC(=O)ON1C(=O)CCC1=O. The molecule has 0 spiro atoms. The molecule has 0 atom stereocenters. The van der Waals surface area contributed by atoms with Crippen LogP contribution in [0.1, 0.15) is 71.1 Å². The van der Waals surface area contributed by atoms with E-state index in [-0.39, 0.29) is 19.3 Å². The second-order valence-corrected chi connectivity index (χ2v) is 7.00. The normalized spacial score (nSPS) is 15.5. The molecule has 0 N–H and O–H groups in total. The lowest BCUT2D eigenvalue weighted by atomic mass is 10.2. The van der Waals surface area contributed by atoms with Gasteiger partial charge in [-0.3, -0.25) is 9.59 Å². The van der Waals surface area contributed by atoms with Gasteiger partial charge in [0.15, 0.2) is 0 Å². The van der Waals surface area contributed by atoms with Gasteiger partial charge in [0.25, 0.3) is 11.8 Å². The topological polar surface area (TPSA) is 63.7 Å². The molecule has 31 heavy (non-hydrogen) atoms. The Morgan fingerprint density at radius 2 is 1.10 bits per heavy atom. The molecule has 1 fully saturated rings. The molecule has 5 nitrogen and oxygen atoms in total. The lowest BCUT2D eigenvalue weighted by Crippen LogP contribution is -2.31. The average molecular weight is 426 g/mol. The van der Waals surface area contributed by atoms with Crippen LogP contribution in [0.3, 0.4) is 0 Å². The number of imide groups is 1. The van der Waals surface area contributed by atoms with Crippen molar-refractivity contribution >= 4 is 17.8 Å². The largest absolute Gasteiger partial charge is 0.333 e. The first-order valence-electron chi connectivity index (χ1n) is 11.1. The zero-order chi connectivity index (χ0) is 22.6. The van der Waals surface area contributed by atoms with E-state index < -0.39 is 17.8 Å². The Hall–Kier alpha value is -2.95. The highest BCUT2D eigenvalue weighted by Gasteiger charge is 2.32. The van der Waals surface area contributed by atoms with Crippen LogP contribution in [0.5, 0.6) is 0 Å². The third-order valence-electron chi connectivity index (χ3n) is 4.31. The molecule has 0 aromatic heterocycles. The van der Waals surface area contributed by atoms with Crippen molar-refractivity contribution in [1.82, 2.24) is 5.06 Å². The molecule has 0 unspecified atom stereocenters. The van der Waals surface area contributed by atoms with E-state index in [1.165, 1.54) is 0 Å². The van der Waals surface area contributed by atoms with Crippen molar-refractivity contribution in [3.63, 3.8) is 0 Å². The highest BCUT2D eigenvalue weighted by atomic mass is 16.7. The van der Waals surface area contributed by atoms with Gasteiger partial charge >= 0.3 is 5.97 Å². The number of carbonyl (C=O) groups is 3. The standard InChI is InChI=1S/C26H35NO4/c1-2-3-4-5-6-7-8-9-10-11-12-13-14-15-16-17-18-19-20-21-26(30)31-27-24(28)22-23-25(27)29/h3-4,6-7,9-10,12-13,15-16,18-19H,2,5,8,11,14,17,20-23H2,1H3/b4-3-,7-6-,10-9-,13-12-,16-15-,19-18-. The molecule has 0 radical (unpaired) electrons. The van der Waals surface area contributed by atoms with Crippen LogP contribution in [0.2, 0.25) is 0 Å². The summed E-state index contributed by atoms with van der Waals surface area (Å²) in [5.41, 5.74) is 0. The minimum atomic E-state index is -0.567. The second-order valence-electron chi connectivity index (χ2n) is 7.00. The van der Waals surface area contributed by atoms with E-state index in [9.17, 15) is 14.4 Å². The first-order chi connectivity index (χ1) is 15.1. The van der Waals surface area contributed by atoms with Gasteiger partial charge in [-0.2, -0.15) is 0 Å². The summed E-state index contributed by atoms with van der Waals surface area (Å²) in [5.74, 6) is -1.47. The molecule has 5 heteroatoms. The maximum atomic E-state index is 11.6. The predicted octanol–water partition coefficient (Wildman–Crippen LogP) is 6.07. The van der Waals surface area contributed by atoms with Crippen molar-refractivity contribution in [3.8, 4) is 0 Å². The lowest BCUT2D eigenvalue weighted by molar-refractivity contribution is -0.197. The van der Waals surface area contributed by atoms with Crippen molar-refractivity contribution in [2.24, 2.45) is 0 Å². The molecular weight excluding hydrogens is 390 g/mol. The summed E-state index contributed by atoms with van der Waals surface area (Å²) in [6.45, 7) is 2.14. The quantitative estimate of drug-likeness (QED) is 0.236. The van der Waals surface area contributed by atoms with Crippen molar-refractivity contribution in [3.05, 3.63) is 72.9 Å². The highest BCUT2D eigenvalue weighted by molar-refractivity contribution is 6.01. The van der Waals surface area contributed by atoms with Crippen LogP contribution in [-0.4, -0.2) is 22.8 Å². The van der Waals surface area contributed by atoms with Gasteiger partial charge in [-0.05, 0) is 44.9 Å². The van der Waals surface area contributed by atoms with E-state index in [0.717, 1.165) is 38.5 Å². The van der Waals surface area contributed by atoms with Crippen LogP contribution in [0.25, 0.3) is 0 Å². The second kappa shape index (κ2) is 17.9. The molecule has 0 aromatic rings. The molecule has 0 aromatic carbocycles. The van der Waals surface area contributed by atoms with Gasteiger partial charge in [0, 0.05) is 12.8 Å². The van der Waals surface area contributed by atoms with E-state index >= 15 is 0 Å². The number of carbonyl (C=O) groups excluding carboxylic acids is 3. The molecule has 2 amide bonds. The molecule has 1 heterocycles. The Morgan fingerprint density at radius 3 is 1.52 bits per heavy atom. The number of hydrogen-bond donors (Lipinski definition) is 0. The average Bonchev–Trinajstić information content (AvgIpc) is 3.07. The molecule has 1 aliphatic rings. The predicted molar refractivity (Wildman–Crippen MR) is 125 cm³/mol. The number of rotatable bonds is 15. The highest BCUT2D eigenvalue weighted by Crippen LogP contribution is 2.13. The number of amides is 2. The van der Waals surface area contributed by atoms with Crippen LogP contribution in [0.15, 0.2) is 72.9 Å². The van der Waals surface area contributed by atoms with E-state index in [1.807, 2.05) is 12.2 Å². The van der Waals surface area contributed by atoms with Crippen molar-refractivity contribution in [2.75, 3.05) is 0 Å². The number of allylic oxidation sites excluding steroid dienone is 12. The van der Waals surface area contributed by atoms with Gasteiger partial charge < -0.3 is 4.84 Å². The molecule has 0 bridgehead atoms. The van der Waals surface area contributed by atoms with Crippen LogP contribution >= 0.6 is 0 Å². The maximum absolute atomic E-state index is 11.6. The summed E-state index contributed by atoms with van der Waals surface area (Å²) in [5, 5.41) is 0.586. The Morgan fingerprint density at radius 1 is 0.710 bits per heavy atom. The van der Waals surface area contributed by atoms with Crippen molar-refractivity contribution in [1.29, 1.82) is 0 Å². The Labute approximate surface area is 186 Å². The molecular formula is C26H35NO4. The van der Waals surface area contributed by atoms with E-state index in [0.29, 0.717) is 11.5 Å². The van der Waals surface area contributed by atoms with Gasteiger partial charge in [0.05, 0.1) is 6.42 Å². The summed E-state index contributed by atoms with van der Waals surface area (Å²) in [4.78, 5) is 39.2. The summed E-state index contributed by atoms with van der Waals surface area (Å²) in [6, 6.07) is 0. The Kier molecular flexibility index (Phi) is 15.0. The van der Waals surface area contributed by atoms with Gasteiger partial charge in [0.1, 0.15) is 0 Å². The first-order valence-corrected chi connectivity index (χ1v) is 11.1. The fourth-order valence-corrected chi connectivity index (χ4v) is 2.65. The molecule has 0 aliphatic carbocycles. The van der Waals surface area contributed by atoms with Crippen molar-refractivity contribution < 1.29 is 19.2 Å². The maximum Gasteiger partial charge on any atom is 0.333 e. The minimum absolute atomic E-state index is 0.110. The van der Waals surface area contributed by atoms with Crippen LogP contribution in [0, 0.1) is 0 Å². The van der Waals surface area contributed by atoms with Crippen LogP contribution < -0.4 is 0 Å². The lowest BCUT2D eigenvalue weighted by Gasteiger charge is -2.11. The monoisotopic (exact) mass is 425 g/mol. The zero-order valence-corrected chi connectivity index (χ0v) is 18.6. The fraction of sp³-hybridized carbons (Fsp3) is 0.423. The van der Waals surface area contributed by atoms with E-state index in [4.69, 9.17) is 4.84 Å². The third-order valence-corrected chi connectivity index (χ3v) is 4.31. The fourth-order valence-electron chi connectivity index (χ4n) is 2.65. The summed E-state index contributed by atoms with van der Waals surface area (Å²) < 4.78 is 0. The molecule has 0 saturated carbocycles. The van der Waals surface area contributed by atoms with Crippen molar-refractivity contribution in [2.45, 2.75) is 71.1 Å². The number of hydrogen-bond acceptors (Lipinski definition) is 4. The van der Waals surface area contributed by atoms with Gasteiger partial charge in [-0.25, -0.2) is 4.79 Å². The first kappa shape index (κ1) is 26.1. The van der Waals surface area contributed by atoms with E-state index in [1.54, 1.807) is 0 Å². The number of hydroxylamine groups is 2. The molecule has 168 valence electrons.